The molecule has 0 aliphatic carbocycles. The predicted molar refractivity (Wildman–Crippen MR) is 74.4 cm³/mol. The molecule has 1 aromatic carbocycles. The summed E-state index contributed by atoms with van der Waals surface area (Å²) in [5.41, 5.74) is -0.164. The van der Waals surface area contributed by atoms with Crippen LogP contribution in [0.4, 0.5) is 13.2 Å². The van der Waals surface area contributed by atoms with Crippen LogP contribution < -0.4 is 5.56 Å². The predicted octanol–water partition coefficient (Wildman–Crippen LogP) is 2.93. The molecule has 0 fully saturated rings. The Kier molecular flexibility index (Phi) is 3.40. The summed E-state index contributed by atoms with van der Waals surface area (Å²) in [5.74, 6) is 0.357. The first kappa shape index (κ1) is 14.2. The van der Waals surface area contributed by atoms with Crippen molar-refractivity contribution < 1.29 is 13.2 Å². The maximum absolute atomic E-state index is 12.5. The smallest absolute Gasteiger partial charge is 0.310 e. The first-order valence-corrected chi connectivity index (χ1v) is 6.43. The number of hydrogen-bond acceptors (Lipinski definition) is 3. The number of nitrogens with zero attached hydrogens (tertiary/aromatic N) is 2. The highest BCUT2D eigenvalue weighted by molar-refractivity contribution is 5.77. The van der Waals surface area contributed by atoms with Gasteiger partial charge in [-0.25, -0.2) is 4.98 Å². The van der Waals surface area contributed by atoms with Gasteiger partial charge in [-0.3, -0.25) is 9.78 Å². The van der Waals surface area contributed by atoms with Gasteiger partial charge < -0.3 is 4.98 Å². The molecular formula is C15H10F3N3O. The Morgan fingerprint density at radius 2 is 1.86 bits per heavy atom. The van der Waals surface area contributed by atoms with Crippen molar-refractivity contribution in [1.29, 1.82) is 0 Å². The largest absolute Gasteiger partial charge is 0.417 e. The van der Waals surface area contributed by atoms with Gasteiger partial charge in [-0.15, -0.1) is 0 Å². The number of nitrogens with one attached hydrogen (secondary N) is 1. The van der Waals surface area contributed by atoms with Gasteiger partial charge in [-0.05, 0) is 24.3 Å². The average Bonchev–Trinajstić information content (AvgIpc) is 2.47. The Bertz CT molecular complexity index is 870. The number of fused-ring (bicyclic) bond motifs is 1. The molecule has 0 amide bonds. The highest BCUT2D eigenvalue weighted by Gasteiger charge is 2.30. The van der Waals surface area contributed by atoms with E-state index in [0.717, 1.165) is 12.3 Å². The second-order valence-corrected chi connectivity index (χ2v) is 4.74. The zero-order chi connectivity index (χ0) is 15.7. The normalized spacial score (nSPS) is 11.8. The number of aromatic amines is 1. The van der Waals surface area contributed by atoms with Gasteiger partial charge in [0.2, 0.25) is 0 Å². The summed E-state index contributed by atoms with van der Waals surface area (Å²) in [4.78, 5) is 22.6. The summed E-state index contributed by atoms with van der Waals surface area (Å²) in [5, 5.41) is 0.464. The standard InChI is InChI=1S/C15H10F3N3O/c16-15(17,18)9-5-6-10(19-8-9)7-13-20-12-4-2-1-3-11(12)14(22)21-13/h1-6,8H,7H2,(H,20,21,22). The fraction of sp³-hybridized carbons (Fsp3) is 0.133. The van der Waals surface area contributed by atoms with Gasteiger partial charge in [0.1, 0.15) is 5.82 Å². The lowest BCUT2D eigenvalue weighted by Gasteiger charge is -2.07. The molecule has 0 radical (unpaired) electrons. The van der Waals surface area contributed by atoms with Crippen LogP contribution >= 0.6 is 0 Å². The summed E-state index contributed by atoms with van der Waals surface area (Å²) in [6.07, 6.45) is -3.49. The number of hydrogen-bond donors (Lipinski definition) is 1. The molecule has 0 spiro atoms. The van der Waals surface area contributed by atoms with Crippen LogP contribution in [0.1, 0.15) is 17.1 Å². The maximum atomic E-state index is 12.5. The van der Waals surface area contributed by atoms with E-state index in [4.69, 9.17) is 0 Å². The first-order chi connectivity index (χ1) is 10.4. The van der Waals surface area contributed by atoms with Crippen LogP contribution in [0.25, 0.3) is 10.9 Å². The first-order valence-electron chi connectivity index (χ1n) is 6.43. The van der Waals surface area contributed by atoms with E-state index in [1.54, 1.807) is 24.3 Å². The van der Waals surface area contributed by atoms with E-state index in [1.807, 2.05) is 0 Å². The second kappa shape index (κ2) is 5.25. The van der Waals surface area contributed by atoms with Crippen LogP contribution in [0.5, 0.6) is 0 Å². The quantitative estimate of drug-likeness (QED) is 0.792. The number of benzene rings is 1. The van der Waals surface area contributed by atoms with Gasteiger partial charge in [0, 0.05) is 18.3 Å². The van der Waals surface area contributed by atoms with Crippen molar-refractivity contribution in [1.82, 2.24) is 15.0 Å². The molecule has 7 heteroatoms. The van der Waals surface area contributed by atoms with Crippen molar-refractivity contribution in [2.45, 2.75) is 12.6 Å². The third-order valence-corrected chi connectivity index (χ3v) is 3.16. The Balaban J connectivity index is 1.92. The summed E-state index contributed by atoms with van der Waals surface area (Å²) in [6, 6.07) is 9.08. The van der Waals surface area contributed by atoms with E-state index in [2.05, 4.69) is 15.0 Å². The molecule has 0 unspecified atom stereocenters. The summed E-state index contributed by atoms with van der Waals surface area (Å²) in [7, 11) is 0. The van der Waals surface area contributed by atoms with Crippen LogP contribution in [-0.2, 0) is 12.6 Å². The fourth-order valence-electron chi connectivity index (χ4n) is 2.09. The van der Waals surface area contributed by atoms with Crippen LogP contribution in [0, 0.1) is 0 Å². The van der Waals surface area contributed by atoms with Gasteiger partial charge >= 0.3 is 6.18 Å². The van der Waals surface area contributed by atoms with E-state index in [-0.39, 0.29) is 12.0 Å². The monoisotopic (exact) mass is 305 g/mol. The summed E-state index contributed by atoms with van der Waals surface area (Å²) >= 11 is 0. The van der Waals surface area contributed by atoms with Gasteiger partial charge in [0.15, 0.2) is 0 Å². The summed E-state index contributed by atoms with van der Waals surface area (Å²) < 4.78 is 37.4. The van der Waals surface area contributed by atoms with Gasteiger partial charge in [-0.1, -0.05) is 12.1 Å². The number of pyridine rings is 1. The van der Waals surface area contributed by atoms with Crippen LogP contribution in [0.2, 0.25) is 0 Å². The summed E-state index contributed by atoms with van der Waals surface area (Å²) in [6.45, 7) is 0. The lowest BCUT2D eigenvalue weighted by Crippen LogP contribution is -2.12. The SMILES string of the molecule is O=c1[nH]c(Cc2ccc(C(F)(F)F)cn2)nc2ccccc12. The topological polar surface area (TPSA) is 58.6 Å². The molecular weight excluding hydrogens is 295 g/mol. The van der Waals surface area contributed by atoms with Crippen molar-refractivity contribution in [3.05, 3.63) is 70.0 Å². The molecule has 0 atom stereocenters. The Morgan fingerprint density at radius 1 is 1.09 bits per heavy atom. The molecule has 0 aliphatic rings. The molecule has 3 rings (SSSR count). The lowest BCUT2D eigenvalue weighted by atomic mass is 10.2. The minimum absolute atomic E-state index is 0.151. The van der Waals surface area contributed by atoms with E-state index in [9.17, 15) is 18.0 Å². The molecule has 22 heavy (non-hydrogen) atoms. The van der Waals surface area contributed by atoms with Crippen LogP contribution in [0.3, 0.4) is 0 Å². The third-order valence-electron chi connectivity index (χ3n) is 3.16. The van der Waals surface area contributed by atoms with E-state index in [0.29, 0.717) is 22.4 Å². The molecule has 112 valence electrons. The number of rotatable bonds is 2. The Labute approximate surface area is 122 Å². The molecule has 4 nitrogen and oxygen atoms in total. The molecule has 0 bridgehead atoms. The molecule has 0 aliphatic heterocycles. The van der Waals surface area contributed by atoms with Crippen molar-refractivity contribution >= 4 is 10.9 Å². The van der Waals surface area contributed by atoms with E-state index in [1.165, 1.54) is 6.07 Å². The molecule has 3 aromatic rings. The van der Waals surface area contributed by atoms with Crippen LogP contribution in [0.15, 0.2) is 47.4 Å². The van der Waals surface area contributed by atoms with Crippen molar-refractivity contribution in [3.63, 3.8) is 0 Å². The molecule has 0 saturated carbocycles. The Hall–Kier alpha value is -2.70. The van der Waals surface area contributed by atoms with Gasteiger partial charge in [0.05, 0.1) is 16.5 Å². The van der Waals surface area contributed by atoms with E-state index >= 15 is 0 Å². The van der Waals surface area contributed by atoms with Crippen molar-refractivity contribution in [3.8, 4) is 0 Å². The fourth-order valence-corrected chi connectivity index (χ4v) is 2.09. The molecule has 2 heterocycles. The third kappa shape index (κ3) is 2.83. The molecule has 0 saturated heterocycles. The van der Waals surface area contributed by atoms with Gasteiger partial charge in [0.25, 0.3) is 5.56 Å². The number of alkyl halides is 3. The number of para-hydroxylation sites is 1. The maximum Gasteiger partial charge on any atom is 0.417 e. The van der Waals surface area contributed by atoms with Gasteiger partial charge in [-0.2, -0.15) is 13.2 Å². The number of H-pyrrole nitrogens is 1. The van der Waals surface area contributed by atoms with E-state index < -0.39 is 11.7 Å². The average molecular weight is 305 g/mol. The minimum Gasteiger partial charge on any atom is -0.310 e. The zero-order valence-corrected chi connectivity index (χ0v) is 11.2. The number of aromatic nitrogens is 3. The number of halogens is 3. The molecule has 2 aromatic heterocycles. The minimum atomic E-state index is -4.42. The lowest BCUT2D eigenvalue weighted by molar-refractivity contribution is -0.137. The highest BCUT2D eigenvalue weighted by Crippen LogP contribution is 2.28. The second-order valence-electron chi connectivity index (χ2n) is 4.74. The van der Waals surface area contributed by atoms with Crippen molar-refractivity contribution in [2.24, 2.45) is 0 Å². The zero-order valence-electron chi connectivity index (χ0n) is 11.2. The molecule has 1 N–H and O–H groups in total. The highest BCUT2D eigenvalue weighted by atomic mass is 19.4. The van der Waals surface area contributed by atoms with Crippen molar-refractivity contribution in [2.75, 3.05) is 0 Å². The van der Waals surface area contributed by atoms with Crippen LogP contribution in [-0.4, -0.2) is 15.0 Å². The Morgan fingerprint density at radius 3 is 2.55 bits per heavy atom.